The number of thiazole rings is 1. The molecule has 2 atom stereocenters. The van der Waals surface area contributed by atoms with E-state index in [1.54, 1.807) is 11.3 Å². The molecule has 0 radical (unpaired) electrons. The Hall–Kier alpha value is -1.63. The lowest BCUT2D eigenvalue weighted by atomic mass is 9.85. The van der Waals surface area contributed by atoms with E-state index in [0.29, 0.717) is 6.54 Å². The van der Waals surface area contributed by atoms with Crippen LogP contribution in [0.4, 0.5) is 0 Å². The number of amides is 1. The molecule has 26 heavy (non-hydrogen) atoms. The maximum absolute atomic E-state index is 12.3. The number of nitrogens with zero attached hydrogens (tertiary/aromatic N) is 2. The van der Waals surface area contributed by atoms with Crippen LogP contribution in [-0.2, 0) is 11.3 Å². The zero-order valence-electron chi connectivity index (χ0n) is 16.7. The second kappa shape index (κ2) is 9.90. The van der Waals surface area contributed by atoms with Gasteiger partial charge in [-0.3, -0.25) is 4.79 Å². The number of aliphatic imine (C=N–C) groups is 1. The van der Waals surface area contributed by atoms with Crippen molar-refractivity contribution in [3.63, 3.8) is 0 Å². The molecule has 0 aliphatic heterocycles. The van der Waals surface area contributed by atoms with Crippen LogP contribution >= 0.6 is 11.3 Å². The minimum absolute atomic E-state index is 0.0933. The molecule has 1 aromatic rings. The van der Waals surface area contributed by atoms with E-state index in [2.05, 4.69) is 34.8 Å². The van der Waals surface area contributed by atoms with Crippen molar-refractivity contribution in [2.45, 2.75) is 78.9 Å². The van der Waals surface area contributed by atoms with Crippen molar-refractivity contribution < 1.29 is 4.79 Å². The summed E-state index contributed by atoms with van der Waals surface area (Å²) in [4.78, 5) is 22.8. The van der Waals surface area contributed by atoms with Gasteiger partial charge in [0.05, 0.1) is 12.2 Å². The van der Waals surface area contributed by atoms with Crippen LogP contribution in [0.2, 0.25) is 0 Å². The molecule has 6 nitrogen and oxygen atoms in total. The fourth-order valence-electron chi connectivity index (χ4n) is 3.23. The number of carbonyl (C=O) groups excluding carboxylic acids is 1. The van der Waals surface area contributed by atoms with Gasteiger partial charge in [-0.1, -0.05) is 6.42 Å². The second-order valence-corrected chi connectivity index (χ2v) is 8.60. The van der Waals surface area contributed by atoms with Gasteiger partial charge >= 0.3 is 0 Å². The lowest BCUT2D eigenvalue weighted by Crippen LogP contribution is -2.47. The Balaban J connectivity index is 1.95. The molecule has 2 unspecified atom stereocenters. The Morgan fingerprint density at radius 1 is 1.35 bits per heavy atom. The molecule has 3 N–H and O–H groups in total. The highest BCUT2D eigenvalue weighted by Crippen LogP contribution is 2.24. The Morgan fingerprint density at radius 2 is 2.12 bits per heavy atom. The van der Waals surface area contributed by atoms with Crippen molar-refractivity contribution in [2.24, 2.45) is 10.9 Å². The minimum Gasteiger partial charge on any atom is -0.357 e. The third-order valence-electron chi connectivity index (χ3n) is 4.61. The molecule has 0 saturated heterocycles. The number of aryl methyl sites for hydroxylation is 2. The highest BCUT2D eigenvalue weighted by molar-refractivity contribution is 7.11. The van der Waals surface area contributed by atoms with E-state index in [1.165, 1.54) is 4.88 Å². The van der Waals surface area contributed by atoms with Crippen molar-refractivity contribution in [2.75, 3.05) is 6.54 Å². The summed E-state index contributed by atoms with van der Waals surface area (Å²) in [6.45, 7) is 11.6. The fourth-order valence-corrected chi connectivity index (χ4v) is 4.09. The monoisotopic (exact) mass is 379 g/mol. The third kappa shape index (κ3) is 6.27. The smallest absolute Gasteiger partial charge is 0.223 e. The van der Waals surface area contributed by atoms with Gasteiger partial charge in [-0.25, -0.2) is 9.98 Å². The van der Waals surface area contributed by atoms with Gasteiger partial charge < -0.3 is 16.0 Å². The number of hydrogen-bond donors (Lipinski definition) is 3. The van der Waals surface area contributed by atoms with E-state index >= 15 is 0 Å². The van der Waals surface area contributed by atoms with Crippen LogP contribution in [0.25, 0.3) is 0 Å². The van der Waals surface area contributed by atoms with Crippen molar-refractivity contribution in [3.8, 4) is 0 Å². The van der Waals surface area contributed by atoms with Crippen molar-refractivity contribution >= 4 is 23.2 Å². The molecule has 1 aliphatic rings. The first-order valence-electron chi connectivity index (χ1n) is 9.67. The molecular formula is C19H33N5OS. The number of carbonyl (C=O) groups is 1. The van der Waals surface area contributed by atoms with Gasteiger partial charge in [0.15, 0.2) is 5.96 Å². The van der Waals surface area contributed by atoms with Gasteiger partial charge in [-0.2, -0.15) is 0 Å². The van der Waals surface area contributed by atoms with E-state index in [4.69, 9.17) is 4.99 Å². The summed E-state index contributed by atoms with van der Waals surface area (Å²) in [7, 11) is 0. The molecule has 7 heteroatoms. The summed E-state index contributed by atoms with van der Waals surface area (Å²) in [6, 6.07) is 0.476. The summed E-state index contributed by atoms with van der Waals surface area (Å²) in [5.41, 5.74) is 1.09. The molecule has 1 aliphatic carbocycles. The SMILES string of the molecule is CCNC(=NCc1nc(C)c(C)s1)NC1CCCC(C(=O)NC(C)C)C1. The maximum atomic E-state index is 12.3. The normalized spacial score (nSPS) is 20.9. The van der Waals surface area contributed by atoms with Crippen LogP contribution in [0, 0.1) is 19.8 Å². The molecule has 0 aromatic carbocycles. The molecule has 146 valence electrons. The van der Waals surface area contributed by atoms with E-state index in [-0.39, 0.29) is 23.9 Å². The lowest BCUT2D eigenvalue weighted by Gasteiger charge is -2.30. The number of rotatable bonds is 6. The molecule has 1 aromatic heterocycles. The van der Waals surface area contributed by atoms with Gasteiger partial charge in [-0.05, 0) is 53.9 Å². The molecule has 1 saturated carbocycles. The van der Waals surface area contributed by atoms with Crippen LogP contribution < -0.4 is 16.0 Å². The van der Waals surface area contributed by atoms with Crippen molar-refractivity contribution in [1.82, 2.24) is 20.9 Å². The summed E-state index contributed by atoms with van der Waals surface area (Å²) >= 11 is 1.70. The van der Waals surface area contributed by atoms with E-state index in [1.807, 2.05) is 20.8 Å². The Bertz CT molecular complexity index is 606. The van der Waals surface area contributed by atoms with Gasteiger partial charge in [0.25, 0.3) is 0 Å². The highest BCUT2D eigenvalue weighted by Gasteiger charge is 2.28. The van der Waals surface area contributed by atoms with Gasteiger partial charge in [0, 0.05) is 29.4 Å². The molecule has 1 heterocycles. The molecule has 0 bridgehead atoms. The summed E-state index contributed by atoms with van der Waals surface area (Å²) < 4.78 is 0. The molecular weight excluding hydrogens is 346 g/mol. The van der Waals surface area contributed by atoms with Crippen LogP contribution in [-0.4, -0.2) is 35.5 Å². The first kappa shape index (κ1) is 20.7. The minimum atomic E-state index is 0.0933. The van der Waals surface area contributed by atoms with Gasteiger partial charge in [0.1, 0.15) is 5.01 Å². The van der Waals surface area contributed by atoms with Crippen LogP contribution in [0.15, 0.2) is 4.99 Å². The number of aromatic nitrogens is 1. The molecule has 1 fully saturated rings. The number of hydrogen-bond acceptors (Lipinski definition) is 4. The molecule has 1 amide bonds. The highest BCUT2D eigenvalue weighted by atomic mass is 32.1. The van der Waals surface area contributed by atoms with Crippen LogP contribution in [0.5, 0.6) is 0 Å². The molecule has 0 spiro atoms. The Morgan fingerprint density at radius 3 is 2.73 bits per heavy atom. The van der Waals surface area contributed by atoms with Gasteiger partial charge in [-0.15, -0.1) is 11.3 Å². The second-order valence-electron chi connectivity index (χ2n) is 7.31. The summed E-state index contributed by atoms with van der Waals surface area (Å²) in [6.07, 6.45) is 3.98. The van der Waals surface area contributed by atoms with E-state index < -0.39 is 0 Å². The maximum Gasteiger partial charge on any atom is 0.223 e. The fraction of sp³-hybridized carbons (Fsp3) is 0.737. The Kier molecular flexibility index (Phi) is 7.87. The zero-order valence-corrected chi connectivity index (χ0v) is 17.5. The standard InChI is InChI=1S/C19H33N5OS/c1-6-20-19(21-11-17-23-13(4)14(5)26-17)24-16-9-7-8-15(10-16)18(25)22-12(2)3/h12,15-16H,6-11H2,1-5H3,(H,22,25)(H2,20,21,24). The predicted octanol–water partition coefficient (Wildman–Crippen LogP) is 2.90. The van der Waals surface area contributed by atoms with E-state index in [0.717, 1.165) is 48.9 Å². The van der Waals surface area contributed by atoms with Gasteiger partial charge in [0.2, 0.25) is 5.91 Å². The number of nitrogens with one attached hydrogen (secondary N) is 3. The molecule has 2 rings (SSSR count). The lowest BCUT2D eigenvalue weighted by molar-refractivity contribution is -0.126. The Labute approximate surface area is 161 Å². The van der Waals surface area contributed by atoms with Crippen LogP contribution in [0.1, 0.15) is 62.0 Å². The average Bonchev–Trinajstić information content (AvgIpc) is 2.91. The first-order valence-corrected chi connectivity index (χ1v) is 10.5. The van der Waals surface area contributed by atoms with Crippen LogP contribution in [0.3, 0.4) is 0 Å². The first-order chi connectivity index (χ1) is 12.4. The topological polar surface area (TPSA) is 78.4 Å². The number of guanidine groups is 1. The summed E-state index contributed by atoms with van der Waals surface area (Å²) in [5.74, 6) is 1.09. The average molecular weight is 380 g/mol. The summed E-state index contributed by atoms with van der Waals surface area (Å²) in [5, 5.41) is 10.9. The predicted molar refractivity (Wildman–Crippen MR) is 109 cm³/mol. The zero-order chi connectivity index (χ0) is 19.1. The third-order valence-corrected chi connectivity index (χ3v) is 5.66. The van der Waals surface area contributed by atoms with E-state index in [9.17, 15) is 4.79 Å². The quantitative estimate of drug-likeness (QED) is 0.525. The van der Waals surface area contributed by atoms with Crippen molar-refractivity contribution in [3.05, 3.63) is 15.6 Å². The largest absolute Gasteiger partial charge is 0.357 e. The van der Waals surface area contributed by atoms with Crippen molar-refractivity contribution in [1.29, 1.82) is 0 Å².